The fraction of sp³-hybridized carbons (Fsp3) is 0.300. The maximum Gasteiger partial charge on any atom is 0.256 e. The molecule has 3 heterocycles. The molecule has 7 nitrogen and oxygen atoms in total. The molecule has 27 heavy (non-hydrogen) atoms. The maximum atomic E-state index is 13.2. The highest BCUT2D eigenvalue weighted by atomic mass is 16.5. The van der Waals surface area contributed by atoms with Crippen molar-refractivity contribution in [1.82, 2.24) is 24.6 Å². The fourth-order valence-electron chi connectivity index (χ4n) is 2.81. The van der Waals surface area contributed by atoms with Crippen molar-refractivity contribution >= 4 is 5.91 Å². The van der Waals surface area contributed by atoms with Crippen molar-refractivity contribution in [3.05, 3.63) is 66.4 Å². The molecule has 0 saturated carbocycles. The van der Waals surface area contributed by atoms with E-state index in [0.717, 1.165) is 5.56 Å². The van der Waals surface area contributed by atoms with Crippen molar-refractivity contribution in [1.29, 1.82) is 0 Å². The van der Waals surface area contributed by atoms with Gasteiger partial charge < -0.3 is 9.64 Å². The van der Waals surface area contributed by atoms with Gasteiger partial charge in [-0.05, 0) is 38.5 Å². The van der Waals surface area contributed by atoms with E-state index in [1.807, 2.05) is 39.0 Å². The molecule has 3 rings (SSSR count). The Balaban J connectivity index is 1.75. The minimum absolute atomic E-state index is 0.0848. The highest BCUT2D eigenvalue weighted by molar-refractivity contribution is 5.97. The number of hydrogen-bond donors (Lipinski definition) is 0. The molecular formula is C20H23N5O2. The first kappa shape index (κ1) is 18.6. The van der Waals surface area contributed by atoms with Crippen LogP contribution in [-0.2, 0) is 0 Å². The van der Waals surface area contributed by atoms with Crippen LogP contribution in [0.4, 0.5) is 0 Å². The highest BCUT2D eigenvalue weighted by Crippen LogP contribution is 2.17. The first-order chi connectivity index (χ1) is 13.1. The average Bonchev–Trinajstić information content (AvgIpc) is 3.22. The first-order valence-corrected chi connectivity index (χ1v) is 8.90. The molecule has 0 aliphatic rings. The molecule has 140 valence electrons. The van der Waals surface area contributed by atoms with Crippen LogP contribution in [0, 0.1) is 6.92 Å². The van der Waals surface area contributed by atoms with E-state index >= 15 is 0 Å². The van der Waals surface area contributed by atoms with Gasteiger partial charge in [0.2, 0.25) is 5.88 Å². The van der Waals surface area contributed by atoms with Crippen LogP contribution in [0.5, 0.6) is 5.88 Å². The number of ether oxygens (including phenoxy) is 1. The van der Waals surface area contributed by atoms with Gasteiger partial charge in [-0.1, -0.05) is 6.07 Å². The SMILES string of the molecule is CCN(C(=O)c1ccncc1-n1cccn1)[C@@H](C)COc1ccc(C)cn1. The zero-order valence-corrected chi connectivity index (χ0v) is 15.7. The van der Waals surface area contributed by atoms with E-state index in [1.54, 1.807) is 46.6 Å². The lowest BCUT2D eigenvalue weighted by Crippen LogP contribution is -2.42. The van der Waals surface area contributed by atoms with E-state index in [1.165, 1.54) is 0 Å². The second kappa shape index (κ2) is 8.44. The van der Waals surface area contributed by atoms with Gasteiger partial charge in [0.25, 0.3) is 5.91 Å². The first-order valence-electron chi connectivity index (χ1n) is 8.90. The number of nitrogens with zero attached hydrogens (tertiary/aromatic N) is 5. The summed E-state index contributed by atoms with van der Waals surface area (Å²) in [7, 11) is 0. The molecule has 0 radical (unpaired) electrons. The topological polar surface area (TPSA) is 73.1 Å². The summed E-state index contributed by atoms with van der Waals surface area (Å²) < 4.78 is 7.40. The molecule has 0 bridgehead atoms. The van der Waals surface area contributed by atoms with Gasteiger partial charge in [0.05, 0.1) is 23.5 Å². The number of likely N-dealkylation sites (N-methyl/N-ethyl adjacent to an activating group) is 1. The number of aryl methyl sites for hydroxylation is 1. The molecule has 3 aromatic rings. The molecule has 0 N–H and O–H groups in total. The molecule has 0 spiro atoms. The van der Waals surface area contributed by atoms with Gasteiger partial charge in [0, 0.05) is 37.4 Å². The molecule has 0 unspecified atom stereocenters. The number of amides is 1. The van der Waals surface area contributed by atoms with E-state index in [4.69, 9.17) is 4.74 Å². The lowest BCUT2D eigenvalue weighted by molar-refractivity contribution is 0.0646. The van der Waals surface area contributed by atoms with Crippen LogP contribution in [0.25, 0.3) is 5.69 Å². The monoisotopic (exact) mass is 365 g/mol. The molecular weight excluding hydrogens is 342 g/mol. The second-order valence-electron chi connectivity index (χ2n) is 6.27. The Bertz CT molecular complexity index is 878. The number of hydrogen-bond acceptors (Lipinski definition) is 5. The lowest BCUT2D eigenvalue weighted by atomic mass is 10.1. The van der Waals surface area contributed by atoms with Crippen molar-refractivity contribution in [3.8, 4) is 11.6 Å². The summed E-state index contributed by atoms with van der Waals surface area (Å²) in [5.74, 6) is 0.468. The molecule has 7 heteroatoms. The van der Waals surface area contributed by atoms with Gasteiger partial charge in [-0.2, -0.15) is 5.10 Å². The van der Waals surface area contributed by atoms with Crippen molar-refractivity contribution in [3.63, 3.8) is 0 Å². The van der Waals surface area contributed by atoms with Crippen LogP contribution < -0.4 is 4.74 Å². The van der Waals surface area contributed by atoms with E-state index in [2.05, 4.69) is 15.1 Å². The zero-order chi connectivity index (χ0) is 19.2. The van der Waals surface area contributed by atoms with Gasteiger partial charge in [0.15, 0.2) is 0 Å². The Hall–Kier alpha value is -3.22. The summed E-state index contributed by atoms with van der Waals surface area (Å²) in [6, 6.07) is 7.19. The summed E-state index contributed by atoms with van der Waals surface area (Å²) >= 11 is 0. The van der Waals surface area contributed by atoms with Crippen molar-refractivity contribution in [2.45, 2.75) is 26.8 Å². The fourth-order valence-corrected chi connectivity index (χ4v) is 2.81. The summed E-state index contributed by atoms with van der Waals surface area (Å²) in [5.41, 5.74) is 2.28. The van der Waals surface area contributed by atoms with Crippen LogP contribution >= 0.6 is 0 Å². The number of carbonyl (C=O) groups is 1. The third-order valence-corrected chi connectivity index (χ3v) is 4.27. The van der Waals surface area contributed by atoms with Gasteiger partial charge in [-0.15, -0.1) is 0 Å². The standard InChI is InChI=1S/C20H23N5O2/c1-4-24(16(3)14-27-19-7-6-15(2)12-22-19)20(26)17-8-10-21-13-18(17)25-11-5-9-23-25/h5-13,16H,4,14H2,1-3H3/t16-/m0/s1. The third-order valence-electron chi connectivity index (χ3n) is 4.27. The molecule has 1 amide bonds. The normalized spacial score (nSPS) is 11.8. The minimum Gasteiger partial charge on any atom is -0.475 e. The average molecular weight is 365 g/mol. The van der Waals surface area contributed by atoms with Crippen molar-refractivity contribution in [2.75, 3.05) is 13.2 Å². The maximum absolute atomic E-state index is 13.2. The number of carbonyl (C=O) groups excluding carboxylic acids is 1. The molecule has 0 aliphatic carbocycles. The molecule has 0 fully saturated rings. The minimum atomic E-state index is -0.121. The predicted octanol–water partition coefficient (Wildman–Crippen LogP) is 2.90. The van der Waals surface area contributed by atoms with Crippen LogP contribution in [0.3, 0.4) is 0 Å². The van der Waals surface area contributed by atoms with Crippen LogP contribution in [-0.4, -0.2) is 49.7 Å². The van der Waals surface area contributed by atoms with E-state index in [-0.39, 0.29) is 11.9 Å². The largest absolute Gasteiger partial charge is 0.475 e. The lowest BCUT2D eigenvalue weighted by Gasteiger charge is -2.28. The number of pyridine rings is 2. The Morgan fingerprint density at radius 3 is 2.78 bits per heavy atom. The molecule has 3 aromatic heterocycles. The van der Waals surface area contributed by atoms with Crippen molar-refractivity contribution < 1.29 is 9.53 Å². The van der Waals surface area contributed by atoms with E-state index in [0.29, 0.717) is 30.3 Å². The summed E-state index contributed by atoms with van der Waals surface area (Å²) in [6.45, 7) is 6.81. The van der Waals surface area contributed by atoms with E-state index < -0.39 is 0 Å². The van der Waals surface area contributed by atoms with Crippen LogP contribution in [0.15, 0.2) is 55.2 Å². The van der Waals surface area contributed by atoms with Gasteiger partial charge >= 0.3 is 0 Å². The smallest absolute Gasteiger partial charge is 0.256 e. The number of rotatable bonds is 7. The highest BCUT2D eigenvalue weighted by Gasteiger charge is 2.23. The van der Waals surface area contributed by atoms with Crippen LogP contribution in [0.1, 0.15) is 29.8 Å². The van der Waals surface area contributed by atoms with E-state index in [9.17, 15) is 4.79 Å². The van der Waals surface area contributed by atoms with Gasteiger partial charge in [-0.3, -0.25) is 9.78 Å². The van der Waals surface area contributed by atoms with Crippen LogP contribution in [0.2, 0.25) is 0 Å². The third kappa shape index (κ3) is 4.31. The Kier molecular flexibility index (Phi) is 5.80. The molecule has 0 saturated heterocycles. The molecule has 0 aliphatic heterocycles. The predicted molar refractivity (Wildman–Crippen MR) is 102 cm³/mol. The quantitative estimate of drug-likeness (QED) is 0.644. The summed E-state index contributed by atoms with van der Waals surface area (Å²) in [4.78, 5) is 23.3. The van der Waals surface area contributed by atoms with Gasteiger partial charge in [0.1, 0.15) is 6.61 Å². The zero-order valence-electron chi connectivity index (χ0n) is 15.7. The number of aromatic nitrogens is 4. The second-order valence-corrected chi connectivity index (χ2v) is 6.27. The summed E-state index contributed by atoms with van der Waals surface area (Å²) in [6.07, 6.45) is 8.48. The van der Waals surface area contributed by atoms with Gasteiger partial charge in [-0.25, -0.2) is 9.67 Å². The Labute approximate surface area is 158 Å². The molecule has 0 aromatic carbocycles. The van der Waals surface area contributed by atoms with Crippen molar-refractivity contribution in [2.24, 2.45) is 0 Å². The Morgan fingerprint density at radius 1 is 1.26 bits per heavy atom. The molecule has 1 atom stereocenters. The Morgan fingerprint density at radius 2 is 2.11 bits per heavy atom. The summed E-state index contributed by atoms with van der Waals surface area (Å²) in [5, 5.41) is 4.22.